The van der Waals surface area contributed by atoms with Crippen LogP contribution in [0.25, 0.3) is 11.3 Å². The summed E-state index contributed by atoms with van der Waals surface area (Å²) in [5.41, 5.74) is 1.64. The molecular formula is C23H21Cl2N3O3. The van der Waals surface area contributed by atoms with Crippen LogP contribution >= 0.6 is 23.2 Å². The largest absolute Gasteiger partial charge is 0.451 e. The van der Waals surface area contributed by atoms with Crippen LogP contribution in [-0.4, -0.2) is 54.8 Å². The van der Waals surface area contributed by atoms with Crippen LogP contribution in [0.15, 0.2) is 59.0 Å². The molecule has 0 unspecified atom stereocenters. The number of anilines is 1. The summed E-state index contributed by atoms with van der Waals surface area (Å²) in [6.07, 6.45) is 0. The van der Waals surface area contributed by atoms with Crippen molar-refractivity contribution in [2.24, 2.45) is 0 Å². The topological polar surface area (TPSA) is 65.8 Å². The molecule has 1 aliphatic heterocycles. The molecule has 0 saturated carbocycles. The predicted octanol–water partition coefficient (Wildman–Crippen LogP) is 4.89. The number of furan rings is 1. The highest BCUT2D eigenvalue weighted by Gasteiger charge is 2.22. The van der Waals surface area contributed by atoms with E-state index in [0.717, 1.165) is 18.7 Å². The second-order valence-corrected chi connectivity index (χ2v) is 8.26. The van der Waals surface area contributed by atoms with Gasteiger partial charge in [0.15, 0.2) is 5.76 Å². The Morgan fingerprint density at radius 1 is 0.935 bits per heavy atom. The number of carbonyl (C=O) groups excluding carboxylic acids is 2. The number of halogens is 2. The second-order valence-electron chi connectivity index (χ2n) is 7.42. The van der Waals surface area contributed by atoms with Gasteiger partial charge in [0.1, 0.15) is 5.76 Å². The van der Waals surface area contributed by atoms with Crippen LogP contribution in [0, 0.1) is 0 Å². The van der Waals surface area contributed by atoms with E-state index in [1.165, 1.54) is 0 Å². The molecule has 0 spiro atoms. The molecule has 8 heteroatoms. The van der Waals surface area contributed by atoms with E-state index in [1.807, 2.05) is 19.2 Å². The maximum absolute atomic E-state index is 12.8. The average Bonchev–Trinajstić information content (AvgIpc) is 3.26. The fraction of sp³-hybridized carbons (Fsp3) is 0.217. The number of benzene rings is 2. The maximum atomic E-state index is 12.8. The molecule has 2 aromatic carbocycles. The van der Waals surface area contributed by atoms with Gasteiger partial charge in [-0.25, -0.2) is 0 Å². The van der Waals surface area contributed by atoms with Gasteiger partial charge in [0.25, 0.3) is 11.8 Å². The van der Waals surface area contributed by atoms with E-state index in [0.29, 0.717) is 40.1 Å². The summed E-state index contributed by atoms with van der Waals surface area (Å²) in [5.74, 6) is 0.151. The first-order chi connectivity index (χ1) is 14.9. The average molecular weight is 458 g/mol. The van der Waals surface area contributed by atoms with Crippen molar-refractivity contribution in [1.29, 1.82) is 0 Å². The van der Waals surface area contributed by atoms with Crippen molar-refractivity contribution >= 4 is 40.7 Å². The Labute approximate surface area is 190 Å². The molecule has 1 N–H and O–H groups in total. The maximum Gasteiger partial charge on any atom is 0.291 e. The first kappa shape index (κ1) is 21.4. The molecule has 1 fully saturated rings. The van der Waals surface area contributed by atoms with Crippen LogP contribution in [0.3, 0.4) is 0 Å². The van der Waals surface area contributed by atoms with E-state index in [9.17, 15) is 9.59 Å². The number of rotatable bonds is 4. The molecule has 4 rings (SSSR count). The summed E-state index contributed by atoms with van der Waals surface area (Å²) in [6, 6.07) is 15.3. The minimum atomic E-state index is -0.452. The lowest BCUT2D eigenvalue weighted by atomic mass is 10.1. The highest BCUT2D eigenvalue weighted by atomic mass is 35.5. The summed E-state index contributed by atoms with van der Waals surface area (Å²) in [4.78, 5) is 29.5. The standard InChI is InChI=1S/C23H21Cl2N3O3/c1-27-10-12-28(13-11-27)23(30)16-4-7-18(25)19(14-16)26-22(29)21-9-8-20(31-21)15-2-5-17(24)6-3-15/h2-9,14H,10-13H2,1H3,(H,26,29). The normalized spacial score (nSPS) is 14.5. The van der Waals surface area contributed by atoms with E-state index >= 15 is 0 Å². The van der Waals surface area contributed by atoms with Gasteiger partial charge in [0.2, 0.25) is 0 Å². The smallest absolute Gasteiger partial charge is 0.291 e. The lowest BCUT2D eigenvalue weighted by Gasteiger charge is -2.32. The molecule has 2 heterocycles. The third-order valence-corrected chi connectivity index (χ3v) is 5.79. The van der Waals surface area contributed by atoms with E-state index < -0.39 is 5.91 Å². The Hall–Kier alpha value is -2.80. The van der Waals surface area contributed by atoms with Crippen LogP contribution in [0.4, 0.5) is 5.69 Å². The third-order valence-electron chi connectivity index (χ3n) is 5.21. The van der Waals surface area contributed by atoms with E-state index in [4.69, 9.17) is 27.6 Å². The van der Waals surface area contributed by atoms with Crippen molar-refractivity contribution in [2.75, 3.05) is 38.5 Å². The zero-order valence-corrected chi connectivity index (χ0v) is 18.4. The zero-order chi connectivity index (χ0) is 22.0. The molecule has 1 aromatic heterocycles. The summed E-state index contributed by atoms with van der Waals surface area (Å²) in [5, 5.41) is 3.70. The molecule has 0 radical (unpaired) electrons. The Kier molecular flexibility index (Phi) is 6.32. The number of hydrogen-bond donors (Lipinski definition) is 1. The molecule has 31 heavy (non-hydrogen) atoms. The van der Waals surface area contributed by atoms with E-state index in [2.05, 4.69) is 10.2 Å². The highest BCUT2D eigenvalue weighted by molar-refractivity contribution is 6.34. The number of hydrogen-bond acceptors (Lipinski definition) is 4. The molecule has 160 valence electrons. The monoisotopic (exact) mass is 457 g/mol. The first-order valence-electron chi connectivity index (χ1n) is 9.85. The summed E-state index contributed by atoms with van der Waals surface area (Å²) in [7, 11) is 2.03. The van der Waals surface area contributed by atoms with Crippen molar-refractivity contribution in [3.63, 3.8) is 0 Å². The van der Waals surface area contributed by atoms with Gasteiger partial charge in [0.05, 0.1) is 10.7 Å². The minimum Gasteiger partial charge on any atom is -0.451 e. The van der Waals surface area contributed by atoms with Gasteiger partial charge in [-0.2, -0.15) is 0 Å². The second kappa shape index (κ2) is 9.14. The van der Waals surface area contributed by atoms with Crippen LogP contribution in [0.2, 0.25) is 10.0 Å². The van der Waals surface area contributed by atoms with E-state index in [1.54, 1.807) is 47.4 Å². The third kappa shape index (κ3) is 4.93. The van der Waals surface area contributed by atoms with Crippen molar-refractivity contribution < 1.29 is 14.0 Å². The summed E-state index contributed by atoms with van der Waals surface area (Å²) >= 11 is 12.2. The van der Waals surface area contributed by atoms with Crippen molar-refractivity contribution in [1.82, 2.24) is 9.80 Å². The van der Waals surface area contributed by atoms with Crippen LogP contribution in [0.1, 0.15) is 20.9 Å². The van der Waals surface area contributed by atoms with Gasteiger partial charge in [-0.3, -0.25) is 9.59 Å². The SMILES string of the molecule is CN1CCN(C(=O)c2ccc(Cl)c(NC(=O)c3ccc(-c4ccc(Cl)cc4)o3)c2)CC1. The summed E-state index contributed by atoms with van der Waals surface area (Å²) in [6.45, 7) is 2.99. The lowest BCUT2D eigenvalue weighted by molar-refractivity contribution is 0.0664. The lowest BCUT2D eigenvalue weighted by Crippen LogP contribution is -2.47. The Balaban J connectivity index is 1.49. The van der Waals surface area contributed by atoms with Crippen molar-refractivity contribution in [2.45, 2.75) is 0 Å². The van der Waals surface area contributed by atoms with Crippen molar-refractivity contribution in [3.8, 4) is 11.3 Å². The Bertz CT molecular complexity index is 1100. The molecule has 0 atom stereocenters. The fourth-order valence-corrected chi connectivity index (χ4v) is 3.65. The van der Waals surface area contributed by atoms with Crippen LogP contribution in [0.5, 0.6) is 0 Å². The molecule has 1 aliphatic rings. The van der Waals surface area contributed by atoms with Gasteiger partial charge < -0.3 is 19.5 Å². The van der Waals surface area contributed by atoms with Gasteiger partial charge in [0, 0.05) is 42.3 Å². The molecule has 0 bridgehead atoms. The molecule has 1 saturated heterocycles. The molecule has 2 amide bonds. The number of piperazine rings is 1. The van der Waals surface area contributed by atoms with E-state index in [-0.39, 0.29) is 11.7 Å². The quantitative estimate of drug-likeness (QED) is 0.605. The van der Waals surface area contributed by atoms with Gasteiger partial charge in [-0.15, -0.1) is 0 Å². The van der Waals surface area contributed by atoms with Crippen LogP contribution in [-0.2, 0) is 0 Å². The number of nitrogens with zero attached hydrogens (tertiary/aromatic N) is 2. The molecule has 0 aliphatic carbocycles. The number of amides is 2. The molecule has 3 aromatic rings. The molecular weight excluding hydrogens is 437 g/mol. The fourth-order valence-electron chi connectivity index (χ4n) is 3.36. The summed E-state index contributed by atoms with van der Waals surface area (Å²) < 4.78 is 5.69. The number of carbonyl (C=O) groups is 2. The molecule has 6 nitrogen and oxygen atoms in total. The zero-order valence-electron chi connectivity index (χ0n) is 16.9. The minimum absolute atomic E-state index is 0.0803. The highest BCUT2D eigenvalue weighted by Crippen LogP contribution is 2.27. The van der Waals surface area contributed by atoms with Crippen molar-refractivity contribution in [3.05, 3.63) is 76.0 Å². The Morgan fingerprint density at radius 2 is 1.65 bits per heavy atom. The first-order valence-corrected chi connectivity index (χ1v) is 10.6. The van der Waals surface area contributed by atoms with Crippen LogP contribution < -0.4 is 5.32 Å². The number of nitrogens with one attached hydrogen (secondary N) is 1. The predicted molar refractivity (Wildman–Crippen MR) is 122 cm³/mol. The van der Waals surface area contributed by atoms with Gasteiger partial charge in [-0.1, -0.05) is 23.2 Å². The van der Waals surface area contributed by atoms with Gasteiger partial charge in [-0.05, 0) is 61.6 Å². The Morgan fingerprint density at radius 3 is 2.35 bits per heavy atom. The van der Waals surface area contributed by atoms with Gasteiger partial charge >= 0.3 is 0 Å². The number of likely N-dealkylation sites (N-methyl/N-ethyl adjacent to an activating group) is 1.